The van der Waals surface area contributed by atoms with Gasteiger partial charge in [-0.1, -0.05) is 0 Å². The molecule has 0 spiro atoms. The Morgan fingerprint density at radius 3 is 2.70 bits per heavy atom. The van der Waals surface area contributed by atoms with E-state index in [0.29, 0.717) is 22.7 Å². The van der Waals surface area contributed by atoms with Crippen LogP contribution in [0.5, 0.6) is 0 Å². The molecule has 1 aromatic carbocycles. The number of hydrogen-bond acceptors (Lipinski definition) is 7. The lowest BCUT2D eigenvalue weighted by atomic mass is 9.93. The lowest BCUT2D eigenvalue weighted by molar-refractivity contribution is -0.384. The Bertz CT molecular complexity index is 890. The fraction of sp³-hybridized carbons (Fsp3) is 0.333. The summed E-state index contributed by atoms with van der Waals surface area (Å²) in [6.07, 6.45) is 1.31. The molecule has 0 bridgehead atoms. The van der Waals surface area contributed by atoms with Crippen LogP contribution in [0.3, 0.4) is 0 Å². The molecule has 1 atom stereocenters. The van der Waals surface area contributed by atoms with E-state index in [1.54, 1.807) is 6.92 Å². The van der Waals surface area contributed by atoms with Gasteiger partial charge in [0.1, 0.15) is 5.00 Å². The molecule has 0 aliphatic heterocycles. The van der Waals surface area contributed by atoms with E-state index in [1.165, 1.54) is 24.3 Å². The van der Waals surface area contributed by atoms with Gasteiger partial charge >= 0.3 is 5.97 Å². The van der Waals surface area contributed by atoms with Crippen LogP contribution < -0.4 is 5.32 Å². The molecule has 142 valence electrons. The van der Waals surface area contributed by atoms with Gasteiger partial charge in [0.25, 0.3) is 11.6 Å². The second-order valence-corrected chi connectivity index (χ2v) is 7.09. The molecule has 3 rings (SSSR count). The zero-order valence-electron chi connectivity index (χ0n) is 14.6. The Hall–Kier alpha value is -2.78. The summed E-state index contributed by atoms with van der Waals surface area (Å²) in [5.74, 6) is -1.04. The molecular weight excluding hydrogens is 372 g/mol. The topological polar surface area (TPSA) is 119 Å². The summed E-state index contributed by atoms with van der Waals surface area (Å²) in [5.41, 5.74) is 1.11. The minimum atomic E-state index is -0.669. The number of fused-ring (bicyclic) bond motifs is 1. The van der Waals surface area contributed by atoms with Crippen molar-refractivity contribution in [1.82, 2.24) is 0 Å². The maximum Gasteiger partial charge on any atom is 0.341 e. The molecule has 9 heteroatoms. The Labute approximate surface area is 158 Å². The summed E-state index contributed by atoms with van der Waals surface area (Å²) in [6, 6.07) is 5.18. The first-order chi connectivity index (χ1) is 12.9. The van der Waals surface area contributed by atoms with E-state index in [1.807, 2.05) is 0 Å². The Morgan fingerprint density at radius 1 is 1.37 bits per heavy atom. The molecule has 8 nitrogen and oxygen atoms in total. The number of hydrogen-bond donors (Lipinski definition) is 2. The van der Waals surface area contributed by atoms with Gasteiger partial charge in [-0.05, 0) is 43.9 Å². The van der Waals surface area contributed by atoms with Gasteiger partial charge in [-0.3, -0.25) is 14.9 Å². The number of anilines is 1. The van der Waals surface area contributed by atoms with Crippen LogP contribution in [0.1, 0.15) is 57.0 Å². The van der Waals surface area contributed by atoms with Gasteiger partial charge in [0.05, 0.1) is 23.2 Å². The van der Waals surface area contributed by atoms with Crippen LogP contribution >= 0.6 is 11.3 Å². The molecule has 1 unspecified atom stereocenters. The van der Waals surface area contributed by atoms with Crippen LogP contribution in [-0.2, 0) is 11.2 Å². The molecule has 1 aliphatic carbocycles. The van der Waals surface area contributed by atoms with Gasteiger partial charge in [-0.15, -0.1) is 11.3 Å². The average Bonchev–Trinajstić information content (AvgIpc) is 3.01. The van der Waals surface area contributed by atoms with Crippen molar-refractivity contribution in [3.63, 3.8) is 0 Å². The maximum absolute atomic E-state index is 12.5. The van der Waals surface area contributed by atoms with Crippen LogP contribution in [0.25, 0.3) is 0 Å². The number of nitro groups is 1. The summed E-state index contributed by atoms with van der Waals surface area (Å²) >= 11 is 1.16. The second-order valence-electron chi connectivity index (χ2n) is 6.04. The van der Waals surface area contributed by atoms with Gasteiger partial charge in [0, 0.05) is 22.6 Å². The zero-order valence-corrected chi connectivity index (χ0v) is 15.4. The highest BCUT2D eigenvalue weighted by Crippen LogP contribution is 2.43. The number of amides is 1. The van der Waals surface area contributed by atoms with Crippen molar-refractivity contribution < 1.29 is 24.4 Å². The molecule has 2 N–H and O–H groups in total. The number of nitrogens with zero attached hydrogens (tertiary/aromatic N) is 1. The molecule has 27 heavy (non-hydrogen) atoms. The van der Waals surface area contributed by atoms with E-state index in [4.69, 9.17) is 4.74 Å². The predicted octanol–water partition coefficient (Wildman–Crippen LogP) is 3.46. The lowest BCUT2D eigenvalue weighted by Crippen LogP contribution is -2.16. The third kappa shape index (κ3) is 3.83. The highest BCUT2D eigenvalue weighted by molar-refractivity contribution is 7.17. The first kappa shape index (κ1) is 19.0. The van der Waals surface area contributed by atoms with E-state index in [9.17, 15) is 24.8 Å². The van der Waals surface area contributed by atoms with Crippen molar-refractivity contribution in [1.29, 1.82) is 0 Å². The Kier molecular flexibility index (Phi) is 5.52. The number of rotatable bonds is 5. The first-order valence-corrected chi connectivity index (χ1v) is 9.30. The maximum atomic E-state index is 12.5. The third-order valence-electron chi connectivity index (χ3n) is 4.29. The quantitative estimate of drug-likeness (QED) is 0.458. The van der Waals surface area contributed by atoms with Crippen LogP contribution in [0.4, 0.5) is 10.7 Å². The van der Waals surface area contributed by atoms with Crippen molar-refractivity contribution in [2.75, 3.05) is 11.9 Å². The number of benzene rings is 1. The highest BCUT2D eigenvalue weighted by atomic mass is 32.1. The molecule has 0 saturated heterocycles. The fourth-order valence-corrected chi connectivity index (χ4v) is 4.27. The second kappa shape index (κ2) is 7.85. The number of thiophene rings is 1. The fourth-order valence-electron chi connectivity index (χ4n) is 3.02. The minimum Gasteiger partial charge on any atom is -0.462 e. The molecule has 0 saturated carbocycles. The number of ether oxygens (including phenoxy) is 1. The predicted molar refractivity (Wildman–Crippen MR) is 99.2 cm³/mol. The van der Waals surface area contributed by atoms with E-state index < -0.39 is 22.9 Å². The average molecular weight is 390 g/mol. The molecular formula is C18H18N2O6S. The van der Waals surface area contributed by atoms with Gasteiger partial charge in [-0.25, -0.2) is 4.79 Å². The smallest absolute Gasteiger partial charge is 0.341 e. The largest absolute Gasteiger partial charge is 0.462 e. The number of aliphatic hydroxyl groups is 1. The van der Waals surface area contributed by atoms with E-state index >= 15 is 0 Å². The molecule has 1 amide bonds. The van der Waals surface area contributed by atoms with Gasteiger partial charge in [0.2, 0.25) is 0 Å². The summed E-state index contributed by atoms with van der Waals surface area (Å²) in [7, 11) is 0. The Balaban J connectivity index is 1.92. The van der Waals surface area contributed by atoms with E-state index in [2.05, 4.69) is 5.32 Å². The minimum absolute atomic E-state index is 0.117. The number of non-ortho nitro benzene ring substituents is 1. The van der Waals surface area contributed by atoms with E-state index in [-0.39, 0.29) is 23.4 Å². The number of carbonyl (C=O) groups excluding carboxylic acids is 2. The number of carbonyl (C=O) groups is 2. The summed E-state index contributed by atoms with van der Waals surface area (Å²) in [5, 5.41) is 24.0. The molecule has 1 aliphatic rings. The SMILES string of the molecule is CCOC(=O)c1c(NC(=O)c2ccc([N+](=O)[O-])cc2)sc2c1CCCC2O. The summed E-state index contributed by atoms with van der Waals surface area (Å²) in [4.78, 5) is 35.8. The number of esters is 1. The lowest BCUT2D eigenvalue weighted by Gasteiger charge is -2.17. The number of aliphatic hydroxyl groups excluding tert-OH is 1. The van der Waals surface area contributed by atoms with Crippen LogP contribution in [0.15, 0.2) is 24.3 Å². The summed E-state index contributed by atoms with van der Waals surface area (Å²) < 4.78 is 5.12. The third-order valence-corrected chi connectivity index (χ3v) is 5.54. The molecule has 0 fully saturated rings. The van der Waals surface area contributed by atoms with Crippen molar-refractivity contribution in [3.05, 3.63) is 55.9 Å². The number of nitrogens with one attached hydrogen (secondary N) is 1. The first-order valence-electron chi connectivity index (χ1n) is 8.49. The van der Waals surface area contributed by atoms with Gasteiger partial charge in [0.15, 0.2) is 0 Å². The zero-order chi connectivity index (χ0) is 19.6. The number of nitro benzene ring substituents is 1. The van der Waals surface area contributed by atoms with E-state index in [0.717, 1.165) is 23.3 Å². The molecule has 1 heterocycles. The van der Waals surface area contributed by atoms with Gasteiger partial charge < -0.3 is 15.2 Å². The monoisotopic (exact) mass is 390 g/mol. The summed E-state index contributed by atoms with van der Waals surface area (Å²) in [6.45, 7) is 1.89. The van der Waals surface area contributed by atoms with Crippen molar-refractivity contribution in [3.8, 4) is 0 Å². The highest BCUT2D eigenvalue weighted by Gasteiger charge is 2.31. The van der Waals surface area contributed by atoms with Crippen molar-refractivity contribution >= 4 is 33.9 Å². The van der Waals surface area contributed by atoms with Crippen LogP contribution in [0, 0.1) is 10.1 Å². The van der Waals surface area contributed by atoms with Crippen LogP contribution in [0.2, 0.25) is 0 Å². The van der Waals surface area contributed by atoms with Crippen molar-refractivity contribution in [2.45, 2.75) is 32.3 Å². The van der Waals surface area contributed by atoms with Crippen molar-refractivity contribution in [2.24, 2.45) is 0 Å². The standard InChI is InChI=1S/C18H18N2O6S/c1-2-26-18(23)14-12-4-3-5-13(21)15(12)27-17(14)19-16(22)10-6-8-11(9-7-10)20(24)25/h6-9,13,21H,2-5H2,1H3,(H,19,22). The van der Waals surface area contributed by atoms with Crippen LogP contribution in [-0.4, -0.2) is 28.5 Å². The molecule has 2 aromatic rings. The Morgan fingerprint density at radius 2 is 2.07 bits per heavy atom. The normalized spacial score (nSPS) is 15.7. The van der Waals surface area contributed by atoms with Gasteiger partial charge in [-0.2, -0.15) is 0 Å². The molecule has 0 radical (unpaired) electrons. The molecule has 1 aromatic heterocycles.